The van der Waals surface area contributed by atoms with E-state index in [4.69, 9.17) is 11.6 Å². The van der Waals surface area contributed by atoms with Crippen LogP contribution in [0.3, 0.4) is 0 Å². The zero-order chi connectivity index (χ0) is 13.0. The molecular formula is C13H13BrClNOS. The average molecular weight is 347 g/mol. The molecular weight excluding hydrogens is 334 g/mol. The highest BCUT2D eigenvalue weighted by Crippen LogP contribution is 2.32. The van der Waals surface area contributed by atoms with E-state index in [1.807, 2.05) is 36.4 Å². The smallest absolute Gasteiger partial charge is 0.107 e. The number of hydrogen-bond donors (Lipinski definition) is 2. The number of thiophene rings is 1. The Bertz CT molecular complexity index is 483. The molecule has 2 nitrogen and oxygen atoms in total. The number of aliphatic hydroxyl groups is 1. The van der Waals surface area contributed by atoms with E-state index in [1.54, 1.807) is 0 Å². The Labute approximate surface area is 124 Å². The molecule has 1 heterocycles. The van der Waals surface area contributed by atoms with Crippen LogP contribution in [-0.4, -0.2) is 11.7 Å². The Morgan fingerprint density at radius 1 is 1.33 bits per heavy atom. The second kappa shape index (κ2) is 6.68. The van der Waals surface area contributed by atoms with Gasteiger partial charge in [0.05, 0.1) is 12.6 Å². The van der Waals surface area contributed by atoms with Crippen LogP contribution >= 0.6 is 38.9 Å². The number of halogens is 2. The third-order valence-corrected chi connectivity index (χ3v) is 5.08. The molecule has 1 aromatic heterocycles. The fourth-order valence-electron chi connectivity index (χ4n) is 1.68. The molecule has 0 spiro atoms. The summed E-state index contributed by atoms with van der Waals surface area (Å²) in [6.45, 7) is 0.764. The van der Waals surface area contributed by atoms with Gasteiger partial charge in [-0.25, -0.2) is 0 Å². The molecule has 0 aliphatic carbocycles. The molecule has 2 aromatic rings. The summed E-state index contributed by atoms with van der Waals surface area (Å²) < 4.78 is 1.68. The Balaban J connectivity index is 1.99. The Hall–Kier alpha value is -0.390. The van der Waals surface area contributed by atoms with Crippen molar-refractivity contribution in [3.8, 4) is 0 Å². The normalized spacial score (nSPS) is 12.6. The lowest BCUT2D eigenvalue weighted by molar-refractivity contribution is 0.244. The summed E-state index contributed by atoms with van der Waals surface area (Å²) in [6.07, 6.45) is 0. The van der Waals surface area contributed by atoms with E-state index in [9.17, 15) is 5.11 Å². The van der Waals surface area contributed by atoms with Crippen molar-refractivity contribution in [2.45, 2.75) is 12.6 Å². The van der Waals surface area contributed by atoms with Crippen LogP contribution in [0.25, 0.3) is 0 Å². The van der Waals surface area contributed by atoms with Crippen LogP contribution in [0.1, 0.15) is 16.5 Å². The average Bonchev–Trinajstić information content (AvgIpc) is 2.71. The van der Waals surface area contributed by atoms with Crippen LogP contribution in [0.4, 0.5) is 0 Å². The molecule has 2 N–H and O–H groups in total. The van der Waals surface area contributed by atoms with Gasteiger partial charge in [0.25, 0.3) is 0 Å². The van der Waals surface area contributed by atoms with Gasteiger partial charge in [0, 0.05) is 15.9 Å². The molecule has 0 saturated heterocycles. The summed E-state index contributed by atoms with van der Waals surface area (Å²) in [7, 11) is 0. The minimum atomic E-state index is -0.0501. The molecule has 0 saturated carbocycles. The fourth-order valence-corrected chi connectivity index (χ4v) is 3.42. The van der Waals surface area contributed by atoms with Crippen molar-refractivity contribution in [1.82, 2.24) is 5.32 Å². The van der Waals surface area contributed by atoms with Gasteiger partial charge in [-0.05, 0) is 27.6 Å². The van der Waals surface area contributed by atoms with Gasteiger partial charge in [-0.3, -0.25) is 0 Å². The van der Waals surface area contributed by atoms with E-state index in [0.29, 0.717) is 6.54 Å². The van der Waals surface area contributed by atoms with Gasteiger partial charge in [0.15, 0.2) is 0 Å². The van der Waals surface area contributed by atoms with Crippen LogP contribution in [0.2, 0.25) is 4.34 Å². The summed E-state index contributed by atoms with van der Waals surface area (Å²) in [5.74, 6) is 0. The van der Waals surface area contributed by atoms with Gasteiger partial charge in [-0.2, -0.15) is 0 Å². The standard InChI is InChI=1S/C13H13BrClNOS/c14-11-6-10(18-13(11)15)7-16-12(8-17)9-4-2-1-3-5-9/h1-6,12,16-17H,7-8H2/t12-/m0/s1. The second-order valence-corrected chi connectivity index (χ2v) is 6.45. The van der Waals surface area contributed by atoms with Crippen molar-refractivity contribution >= 4 is 38.9 Å². The summed E-state index contributed by atoms with van der Waals surface area (Å²) in [4.78, 5) is 1.14. The quantitative estimate of drug-likeness (QED) is 0.858. The van der Waals surface area contributed by atoms with E-state index >= 15 is 0 Å². The van der Waals surface area contributed by atoms with Gasteiger partial charge < -0.3 is 10.4 Å². The highest BCUT2D eigenvalue weighted by Gasteiger charge is 2.10. The molecule has 1 atom stereocenters. The summed E-state index contributed by atoms with van der Waals surface area (Å²) >= 11 is 10.9. The number of aliphatic hydroxyl groups excluding tert-OH is 1. The molecule has 2 rings (SSSR count). The van der Waals surface area contributed by atoms with Crippen molar-refractivity contribution in [2.75, 3.05) is 6.61 Å². The molecule has 5 heteroatoms. The largest absolute Gasteiger partial charge is 0.394 e. The first-order valence-electron chi connectivity index (χ1n) is 5.53. The van der Waals surface area contributed by atoms with Gasteiger partial charge >= 0.3 is 0 Å². The van der Waals surface area contributed by atoms with E-state index in [-0.39, 0.29) is 12.6 Å². The molecule has 1 aromatic carbocycles. The number of rotatable bonds is 5. The zero-order valence-corrected chi connectivity index (χ0v) is 12.7. The lowest BCUT2D eigenvalue weighted by atomic mass is 10.1. The molecule has 0 unspecified atom stereocenters. The van der Waals surface area contributed by atoms with Crippen LogP contribution < -0.4 is 5.32 Å². The van der Waals surface area contributed by atoms with Gasteiger partial charge in [0.1, 0.15) is 4.34 Å². The third kappa shape index (κ3) is 3.56. The zero-order valence-electron chi connectivity index (χ0n) is 9.57. The maximum absolute atomic E-state index is 9.42. The Morgan fingerprint density at radius 3 is 2.61 bits per heavy atom. The van der Waals surface area contributed by atoms with E-state index in [1.165, 1.54) is 11.3 Å². The summed E-state index contributed by atoms with van der Waals surface area (Å²) in [6, 6.07) is 11.9. The van der Waals surface area contributed by atoms with E-state index in [2.05, 4.69) is 21.2 Å². The molecule has 0 aliphatic rings. The molecule has 96 valence electrons. The van der Waals surface area contributed by atoms with Crippen LogP contribution in [0, 0.1) is 0 Å². The van der Waals surface area contributed by atoms with Crippen molar-refractivity contribution in [3.63, 3.8) is 0 Å². The summed E-state index contributed by atoms with van der Waals surface area (Å²) in [5.41, 5.74) is 1.08. The van der Waals surface area contributed by atoms with Gasteiger partial charge in [-0.15, -0.1) is 11.3 Å². The minimum Gasteiger partial charge on any atom is -0.394 e. The Morgan fingerprint density at radius 2 is 2.06 bits per heavy atom. The monoisotopic (exact) mass is 345 g/mol. The second-order valence-electron chi connectivity index (χ2n) is 3.86. The van der Waals surface area contributed by atoms with E-state index in [0.717, 1.165) is 19.2 Å². The molecule has 18 heavy (non-hydrogen) atoms. The lowest BCUT2D eigenvalue weighted by Crippen LogP contribution is -2.23. The predicted octanol–water partition coefficient (Wildman–Crippen LogP) is 3.99. The highest BCUT2D eigenvalue weighted by atomic mass is 79.9. The van der Waals surface area contributed by atoms with Crippen molar-refractivity contribution in [3.05, 3.63) is 55.6 Å². The first-order valence-corrected chi connectivity index (χ1v) is 7.52. The SMILES string of the molecule is OC[C@H](NCc1cc(Br)c(Cl)s1)c1ccccc1. The van der Waals surface area contributed by atoms with Crippen LogP contribution in [-0.2, 0) is 6.54 Å². The minimum absolute atomic E-state index is 0.0501. The number of hydrogen-bond acceptors (Lipinski definition) is 3. The third-order valence-electron chi connectivity index (χ3n) is 2.60. The molecule has 0 radical (unpaired) electrons. The van der Waals surface area contributed by atoms with Crippen molar-refractivity contribution in [1.29, 1.82) is 0 Å². The number of nitrogens with one attached hydrogen (secondary N) is 1. The van der Waals surface area contributed by atoms with Crippen molar-refractivity contribution < 1.29 is 5.11 Å². The topological polar surface area (TPSA) is 32.3 Å². The van der Waals surface area contributed by atoms with Crippen LogP contribution in [0.5, 0.6) is 0 Å². The first kappa shape index (κ1) is 14.0. The van der Waals surface area contributed by atoms with Crippen molar-refractivity contribution in [2.24, 2.45) is 0 Å². The van der Waals surface area contributed by atoms with Gasteiger partial charge in [-0.1, -0.05) is 41.9 Å². The predicted molar refractivity (Wildman–Crippen MR) is 80.1 cm³/mol. The maximum Gasteiger partial charge on any atom is 0.107 e. The molecule has 0 fully saturated rings. The molecule has 0 aliphatic heterocycles. The first-order chi connectivity index (χ1) is 8.70. The Kier molecular flexibility index (Phi) is 5.21. The molecule has 0 bridgehead atoms. The fraction of sp³-hybridized carbons (Fsp3) is 0.231. The number of benzene rings is 1. The maximum atomic E-state index is 9.42. The van der Waals surface area contributed by atoms with E-state index < -0.39 is 0 Å². The summed E-state index contributed by atoms with van der Waals surface area (Å²) in [5, 5.41) is 12.7. The highest BCUT2D eigenvalue weighted by molar-refractivity contribution is 9.10. The molecule has 0 amide bonds. The lowest BCUT2D eigenvalue weighted by Gasteiger charge is -2.15. The van der Waals surface area contributed by atoms with Gasteiger partial charge in [0.2, 0.25) is 0 Å². The van der Waals surface area contributed by atoms with Crippen LogP contribution in [0.15, 0.2) is 40.9 Å².